The van der Waals surface area contributed by atoms with E-state index in [1.807, 2.05) is 6.08 Å². The van der Waals surface area contributed by atoms with Gasteiger partial charge in [0.1, 0.15) is 5.82 Å². The summed E-state index contributed by atoms with van der Waals surface area (Å²) in [7, 11) is 0. The molecule has 0 bridgehead atoms. The number of hydrogen-bond donors (Lipinski definition) is 0. The molecule has 0 nitrogen and oxygen atoms in total. The number of benzene rings is 1. The summed E-state index contributed by atoms with van der Waals surface area (Å²) in [6.45, 7) is 0. The average molecular weight is 332 g/mol. The molecule has 2 rings (SSSR count). The molecule has 0 amide bonds. The summed E-state index contributed by atoms with van der Waals surface area (Å²) in [6.07, 6.45) is 8.31. The van der Waals surface area contributed by atoms with Crippen LogP contribution in [0.1, 0.15) is 37.7 Å². The summed E-state index contributed by atoms with van der Waals surface area (Å²) < 4.78 is 13.7. The van der Waals surface area contributed by atoms with Crippen molar-refractivity contribution < 1.29 is 4.39 Å². The third kappa shape index (κ3) is 3.58. The Kier molecular flexibility index (Phi) is 5.25. The van der Waals surface area contributed by atoms with Gasteiger partial charge in [0.2, 0.25) is 0 Å². The summed E-state index contributed by atoms with van der Waals surface area (Å²) in [5.41, 5.74) is 1.89. The van der Waals surface area contributed by atoms with Crippen molar-refractivity contribution in [3.05, 3.63) is 40.2 Å². The highest BCUT2D eigenvalue weighted by Crippen LogP contribution is 2.32. The Labute approximate surface area is 121 Å². The molecule has 1 fully saturated rings. The van der Waals surface area contributed by atoms with Crippen molar-refractivity contribution in [1.29, 1.82) is 0 Å². The SMILES string of the molecule is Fc1ccc(Cl)cc1/C=C(/CBr)C1CCCCC1. The lowest BCUT2D eigenvalue weighted by Crippen LogP contribution is -2.10. The summed E-state index contributed by atoms with van der Waals surface area (Å²) in [5, 5.41) is 1.39. The van der Waals surface area contributed by atoms with E-state index in [9.17, 15) is 4.39 Å². The van der Waals surface area contributed by atoms with Crippen LogP contribution in [0.15, 0.2) is 23.8 Å². The lowest BCUT2D eigenvalue weighted by atomic mass is 9.84. The van der Waals surface area contributed by atoms with E-state index in [4.69, 9.17) is 11.6 Å². The first-order valence-corrected chi connectivity index (χ1v) is 7.92. The molecule has 0 atom stereocenters. The zero-order chi connectivity index (χ0) is 13.0. The zero-order valence-corrected chi connectivity index (χ0v) is 12.6. The molecule has 1 aliphatic rings. The second-order valence-corrected chi connectivity index (χ2v) is 5.85. The van der Waals surface area contributed by atoms with Crippen LogP contribution in [0.5, 0.6) is 0 Å². The fourth-order valence-corrected chi connectivity index (χ4v) is 3.36. The number of allylic oxidation sites excluding steroid dienone is 1. The maximum Gasteiger partial charge on any atom is 0.130 e. The molecular weight excluding hydrogens is 315 g/mol. The molecular formula is C15H17BrClF. The number of hydrogen-bond acceptors (Lipinski definition) is 0. The third-order valence-electron chi connectivity index (χ3n) is 3.58. The van der Waals surface area contributed by atoms with Crippen LogP contribution in [0.4, 0.5) is 4.39 Å². The Morgan fingerprint density at radius 3 is 2.72 bits per heavy atom. The van der Waals surface area contributed by atoms with Crippen LogP contribution < -0.4 is 0 Å². The van der Waals surface area contributed by atoms with Gasteiger partial charge < -0.3 is 0 Å². The minimum absolute atomic E-state index is 0.200. The maximum absolute atomic E-state index is 13.7. The summed E-state index contributed by atoms with van der Waals surface area (Å²) >= 11 is 9.45. The van der Waals surface area contributed by atoms with Gasteiger partial charge in [0.15, 0.2) is 0 Å². The van der Waals surface area contributed by atoms with E-state index in [1.165, 1.54) is 43.7 Å². The molecule has 0 unspecified atom stereocenters. The van der Waals surface area contributed by atoms with Crippen LogP contribution in [0, 0.1) is 11.7 Å². The number of rotatable bonds is 3. The van der Waals surface area contributed by atoms with Crippen LogP contribution in [-0.2, 0) is 0 Å². The lowest BCUT2D eigenvalue weighted by Gasteiger charge is -2.23. The molecule has 1 aliphatic carbocycles. The Hall–Kier alpha value is -0.340. The monoisotopic (exact) mass is 330 g/mol. The summed E-state index contributed by atoms with van der Waals surface area (Å²) in [6, 6.07) is 4.71. The van der Waals surface area contributed by atoms with E-state index in [2.05, 4.69) is 15.9 Å². The van der Waals surface area contributed by atoms with Gasteiger partial charge in [0.25, 0.3) is 0 Å². The van der Waals surface area contributed by atoms with E-state index in [-0.39, 0.29) is 5.82 Å². The molecule has 0 heterocycles. The standard InChI is InChI=1S/C15H17BrClF/c16-10-13(11-4-2-1-3-5-11)8-12-9-14(17)6-7-15(12)18/h6-9,11H,1-5,10H2/b13-8-. The summed E-state index contributed by atoms with van der Waals surface area (Å²) in [4.78, 5) is 0. The molecule has 0 aromatic heterocycles. The normalized spacial score (nSPS) is 18.1. The van der Waals surface area contributed by atoms with Crippen LogP contribution in [0.2, 0.25) is 5.02 Å². The third-order valence-corrected chi connectivity index (χ3v) is 4.47. The van der Waals surface area contributed by atoms with E-state index in [1.54, 1.807) is 12.1 Å². The smallest absolute Gasteiger partial charge is 0.130 e. The van der Waals surface area contributed by atoms with Crippen molar-refractivity contribution >= 4 is 33.6 Å². The van der Waals surface area contributed by atoms with Crippen molar-refractivity contribution in [2.24, 2.45) is 5.92 Å². The molecule has 0 N–H and O–H groups in total. The van der Waals surface area contributed by atoms with E-state index in [0.29, 0.717) is 16.5 Å². The molecule has 1 saturated carbocycles. The first-order chi connectivity index (χ1) is 8.70. The van der Waals surface area contributed by atoms with E-state index >= 15 is 0 Å². The van der Waals surface area contributed by atoms with Crippen molar-refractivity contribution in [3.8, 4) is 0 Å². The van der Waals surface area contributed by atoms with E-state index < -0.39 is 0 Å². The van der Waals surface area contributed by atoms with Gasteiger partial charge in [0.05, 0.1) is 0 Å². The fourth-order valence-electron chi connectivity index (χ4n) is 2.56. The molecule has 1 aromatic carbocycles. The van der Waals surface area contributed by atoms with Gasteiger partial charge in [-0.05, 0) is 37.0 Å². The lowest BCUT2D eigenvalue weighted by molar-refractivity contribution is 0.405. The molecule has 0 aliphatic heterocycles. The van der Waals surface area contributed by atoms with Gasteiger partial charge in [-0.1, -0.05) is 58.4 Å². The maximum atomic E-state index is 13.7. The van der Waals surface area contributed by atoms with Gasteiger partial charge >= 0.3 is 0 Å². The molecule has 1 aromatic rings. The largest absolute Gasteiger partial charge is 0.206 e. The summed E-state index contributed by atoms with van der Waals surface area (Å²) in [5.74, 6) is 0.394. The van der Waals surface area contributed by atoms with Gasteiger partial charge in [-0.3, -0.25) is 0 Å². The van der Waals surface area contributed by atoms with Gasteiger partial charge in [-0.15, -0.1) is 0 Å². The van der Waals surface area contributed by atoms with Gasteiger partial charge in [-0.2, -0.15) is 0 Å². The molecule has 0 spiro atoms. The second-order valence-electron chi connectivity index (χ2n) is 4.85. The highest BCUT2D eigenvalue weighted by Gasteiger charge is 2.17. The molecule has 98 valence electrons. The highest BCUT2D eigenvalue weighted by molar-refractivity contribution is 9.09. The van der Waals surface area contributed by atoms with Crippen molar-refractivity contribution in [3.63, 3.8) is 0 Å². The quantitative estimate of drug-likeness (QED) is 0.611. The minimum Gasteiger partial charge on any atom is -0.206 e. The van der Waals surface area contributed by atoms with Gasteiger partial charge in [0, 0.05) is 15.9 Å². The van der Waals surface area contributed by atoms with Crippen molar-refractivity contribution in [2.75, 3.05) is 5.33 Å². The van der Waals surface area contributed by atoms with E-state index in [0.717, 1.165) is 5.33 Å². The average Bonchev–Trinajstić information content (AvgIpc) is 2.41. The minimum atomic E-state index is -0.200. The zero-order valence-electron chi connectivity index (χ0n) is 10.3. The van der Waals surface area contributed by atoms with Crippen LogP contribution in [0.3, 0.4) is 0 Å². The Balaban J connectivity index is 2.24. The molecule has 0 radical (unpaired) electrons. The Morgan fingerprint density at radius 1 is 1.33 bits per heavy atom. The Bertz CT molecular complexity index is 436. The molecule has 3 heteroatoms. The van der Waals surface area contributed by atoms with Crippen molar-refractivity contribution in [2.45, 2.75) is 32.1 Å². The molecule has 18 heavy (non-hydrogen) atoms. The number of alkyl halides is 1. The first kappa shape index (κ1) is 14.1. The molecule has 0 saturated heterocycles. The second kappa shape index (κ2) is 6.72. The first-order valence-electron chi connectivity index (χ1n) is 6.42. The topological polar surface area (TPSA) is 0 Å². The van der Waals surface area contributed by atoms with Crippen molar-refractivity contribution in [1.82, 2.24) is 0 Å². The highest BCUT2D eigenvalue weighted by atomic mass is 79.9. The van der Waals surface area contributed by atoms with Gasteiger partial charge in [-0.25, -0.2) is 4.39 Å². The number of halogens is 3. The Morgan fingerprint density at radius 2 is 2.06 bits per heavy atom. The van der Waals surface area contributed by atoms with Crippen LogP contribution in [-0.4, -0.2) is 5.33 Å². The predicted molar refractivity (Wildman–Crippen MR) is 79.8 cm³/mol. The predicted octanol–water partition coefficient (Wildman–Crippen LogP) is 5.84. The van der Waals surface area contributed by atoms with Crippen LogP contribution >= 0.6 is 27.5 Å². The van der Waals surface area contributed by atoms with Crippen LogP contribution in [0.25, 0.3) is 6.08 Å². The fraction of sp³-hybridized carbons (Fsp3) is 0.467.